The molecule has 0 saturated carbocycles. The lowest BCUT2D eigenvalue weighted by Gasteiger charge is -2.30. The van der Waals surface area contributed by atoms with Gasteiger partial charge in [0.25, 0.3) is 7.82 Å². The lowest BCUT2D eigenvalue weighted by Crippen LogP contribution is -2.47. The number of likely N-dealkylation sites (N-methyl/N-ethyl adjacent to an activating group) is 1. The van der Waals surface area contributed by atoms with Crippen molar-refractivity contribution >= 4 is 19.7 Å². The average Bonchev–Trinajstić information content (AvgIpc) is 3.31. The zero-order valence-electron chi connectivity index (χ0n) is 45.2. The SMILES string of the molecule is CCCCC/C=C\C/C=C\C/C=C\C/C=C\CCCC(=O)OC(/C=C/CCCCCCCCCCCCC)C(COP(=O)([O-])OCC[N+](C)(C)C)NC(=O)CC/C=C/C/C=C\CCCCCCCC. The van der Waals surface area contributed by atoms with Gasteiger partial charge in [-0.25, -0.2) is 0 Å². The van der Waals surface area contributed by atoms with E-state index in [1.165, 1.54) is 122 Å². The third-order valence-electron chi connectivity index (χ3n) is 11.8. The summed E-state index contributed by atoms with van der Waals surface area (Å²) in [6, 6.07) is -0.943. The van der Waals surface area contributed by atoms with Crippen LogP contribution in [0.4, 0.5) is 0 Å². The van der Waals surface area contributed by atoms with Crippen LogP contribution in [0.25, 0.3) is 0 Å². The van der Waals surface area contributed by atoms with Gasteiger partial charge in [0.15, 0.2) is 0 Å². The number of hydrogen-bond acceptors (Lipinski definition) is 7. The molecule has 0 aromatic heterocycles. The van der Waals surface area contributed by atoms with Crippen molar-refractivity contribution in [2.24, 2.45) is 0 Å². The van der Waals surface area contributed by atoms with Crippen molar-refractivity contribution < 1.29 is 37.3 Å². The topological polar surface area (TPSA) is 114 Å². The van der Waals surface area contributed by atoms with Gasteiger partial charge in [-0.1, -0.05) is 209 Å². The Balaban J connectivity index is 5.57. The Morgan fingerprint density at radius 2 is 0.899 bits per heavy atom. The fraction of sp³-hybridized carbons (Fsp3) is 0.729. The van der Waals surface area contributed by atoms with Gasteiger partial charge in [0.2, 0.25) is 5.91 Å². The molecule has 1 N–H and O–H groups in total. The minimum absolute atomic E-state index is 0.0431. The molecule has 10 heteroatoms. The number of nitrogens with one attached hydrogen (secondary N) is 1. The highest BCUT2D eigenvalue weighted by Gasteiger charge is 2.27. The molecule has 0 aromatic carbocycles. The van der Waals surface area contributed by atoms with E-state index in [0.717, 1.165) is 57.8 Å². The van der Waals surface area contributed by atoms with Gasteiger partial charge in [0, 0.05) is 12.8 Å². The first-order chi connectivity index (χ1) is 33.4. The zero-order valence-corrected chi connectivity index (χ0v) is 46.1. The number of rotatable bonds is 49. The summed E-state index contributed by atoms with van der Waals surface area (Å²) in [7, 11) is 1.12. The van der Waals surface area contributed by atoms with Gasteiger partial charge in [-0.3, -0.25) is 14.2 Å². The summed E-state index contributed by atoms with van der Waals surface area (Å²) in [5, 5.41) is 2.96. The van der Waals surface area contributed by atoms with Crippen molar-refractivity contribution in [1.29, 1.82) is 0 Å². The van der Waals surface area contributed by atoms with Crippen LogP contribution in [0.2, 0.25) is 0 Å². The molecule has 0 aliphatic rings. The largest absolute Gasteiger partial charge is 0.756 e. The van der Waals surface area contributed by atoms with E-state index in [0.29, 0.717) is 23.9 Å². The number of ether oxygens (including phenoxy) is 1. The molecule has 0 bridgehead atoms. The highest BCUT2D eigenvalue weighted by atomic mass is 31.2. The fourth-order valence-corrected chi connectivity index (χ4v) is 8.17. The van der Waals surface area contributed by atoms with E-state index < -0.39 is 32.5 Å². The van der Waals surface area contributed by atoms with Crippen molar-refractivity contribution in [3.05, 3.63) is 85.1 Å². The molecular weight excluding hydrogens is 880 g/mol. The van der Waals surface area contributed by atoms with Crippen LogP contribution < -0.4 is 10.2 Å². The van der Waals surface area contributed by atoms with Crippen LogP contribution in [0.5, 0.6) is 0 Å². The van der Waals surface area contributed by atoms with Crippen LogP contribution in [0.3, 0.4) is 0 Å². The molecule has 0 radical (unpaired) electrons. The summed E-state index contributed by atoms with van der Waals surface area (Å²) in [5.41, 5.74) is 0. The number of amides is 1. The molecular formula is C59H105N2O7P. The van der Waals surface area contributed by atoms with Gasteiger partial charge in [0.05, 0.1) is 33.8 Å². The van der Waals surface area contributed by atoms with Crippen LogP contribution in [0, 0.1) is 0 Å². The molecule has 0 heterocycles. The van der Waals surface area contributed by atoms with Gasteiger partial charge < -0.3 is 28.5 Å². The normalized spacial score (nSPS) is 14.5. The Kier molecular flexibility index (Phi) is 46.8. The van der Waals surface area contributed by atoms with Crippen molar-refractivity contribution in [1.82, 2.24) is 5.32 Å². The molecule has 0 aliphatic carbocycles. The predicted octanol–water partition coefficient (Wildman–Crippen LogP) is 16.0. The quantitative estimate of drug-likeness (QED) is 0.0212. The number of esters is 1. The Labute approximate surface area is 425 Å². The Morgan fingerprint density at radius 3 is 1.38 bits per heavy atom. The molecule has 398 valence electrons. The van der Waals surface area contributed by atoms with E-state index >= 15 is 0 Å². The Bertz CT molecular complexity index is 1460. The number of carbonyl (C=O) groups is 2. The first-order valence-electron chi connectivity index (χ1n) is 27.9. The summed E-state index contributed by atoms with van der Waals surface area (Å²) in [4.78, 5) is 39.7. The fourth-order valence-electron chi connectivity index (χ4n) is 7.44. The summed E-state index contributed by atoms with van der Waals surface area (Å²) in [6.07, 6.45) is 62.9. The van der Waals surface area contributed by atoms with E-state index in [1.807, 2.05) is 33.3 Å². The molecule has 3 atom stereocenters. The van der Waals surface area contributed by atoms with Crippen molar-refractivity contribution in [3.63, 3.8) is 0 Å². The van der Waals surface area contributed by atoms with Gasteiger partial charge in [-0.15, -0.1) is 0 Å². The molecule has 9 nitrogen and oxygen atoms in total. The maximum absolute atomic E-state index is 13.4. The molecule has 0 aliphatic heterocycles. The third kappa shape index (κ3) is 49.9. The number of allylic oxidation sites excluding steroid dienone is 13. The summed E-state index contributed by atoms with van der Waals surface area (Å²) < 4.78 is 30.1. The summed E-state index contributed by atoms with van der Waals surface area (Å²) in [6.45, 7) is 6.70. The van der Waals surface area contributed by atoms with Crippen molar-refractivity contribution in [2.45, 2.75) is 238 Å². The van der Waals surface area contributed by atoms with Crippen molar-refractivity contribution in [3.8, 4) is 0 Å². The molecule has 0 spiro atoms. The lowest BCUT2D eigenvalue weighted by molar-refractivity contribution is -0.870. The number of unbranched alkanes of at least 4 members (excludes halogenated alkanes) is 21. The zero-order chi connectivity index (χ0) is 50.8. The predicted molar refractivity (Wildman–Crippen MR) is 293 cm³/mol. The molecule has 0 fully saturated rings. The minimum Gasteiger partial charge on any atom is -0.756 e. The second-order valence-electron chi connectivity index (χ2n) is 19.7. The first-order valence-corrected chi connectivity index (χ1v) is 29.4. The summed E-state index contributed by atoms with van der Waals surface area (Å²) in [5.74, 6) is -0.689. The second kappa shape index (κ2) is 48.8. The van der Waals surface area contributed by atoms with Crippen LogP contribution >= 0.6 is 7.82 Å². The van der Waals surface area contributed by atoms with Crippen LogP contribution in [0.15, 0.2) is 85.1 Å². The molecule has 69 heavy (non-hydrogen) atoms. The van der Waals surface area contributed by atoms with E-state index in [2.05, 4.69) is 92.9 Å². The van der Waals surface area contributed by atoms with Gasteiger partial charge in [0.1, 0.15) is 19.3 Å². The standard InChI is InChI=1S/C59H105N2O7P/c1-7-10-13-16-19-22-25-28-29-30-31-34-37-40-43-46-49-52-59(63)68-57(50-47-44-41-38-35-32-26-23-20-17-14-11-8-2)56(55-67-69(64,65)66-54-53-61(4,5)6)60-58(62)51-48-45-42-39-36-33-27-24-21-18-15-12-9-3/h19,22,28-29,31,33-34,36,40,42-43,45,47,50,56-57H,7-18,20-21,23-27,30,32,35,37-39,41,44,46,48-49,51-55H2,1-6H3,(H-,60,62,64,65)/b22-19-,29-28-,34-31-,36-33-,43-40-,45-42+,50-47+. The van der Waals surface area contributed by atoms with Gasteiger partial charge in [-0.05, 0) is 89.5 Å². The number of hydrogen-bond donors (Lipinski definition) is 1. The van der Waals surface area contributed by atoms with E-state index in [4.69, 9.17) is 13.8 Å². The van der Waals surface area contributed by atoms with Gasteiger partial charge in [-0.2, -0.15) is 0 Å². The second-order valence-corrected chi connectivity index (χ2v) is 21.1. The van der Waals surface area contributed by atoms with E-state index in [1.54, 1.807) is 6.08 Å². The van der Waals surface area contributed by atoms with Gasteiger partial charge >= 0.3 is 5.97 Å². The minimum atomic E-state index is -4.72. The van der Waals surface area contributed by atoms with E-state index in [9.17, 15) is 19.0 Å². The highest BCUT2D eigenvalue weighted by molar-refractivity contribution is 7.45. The smallest absolute Gasteiger partial charge is 0.306 e. The van der Waals surface area contributed by atoms with E-state index in [-0.39, 0.29) is 25.4 Å². The number of nitrogens with zero attached hydrogens (tertiary/aromatic N) is 1. The first kappa shape index (κ1) is 66.2. The third-order valence-corrected chi connectivity index (χ3v) is 12.8. The molecule has 0 saturated heterocycles. The highest BCUT2D eigenvalue weighted by Crippen LogP contribution is 2.38. The Hall–Kier alpha value is -2.81. The molecule has 0 rings (SSSR count). The van der Waals surface area contributed by atoms with Crippen LogP contribution in [-0.2, 0) is 27.9 Å². The number of carbonyl (C=O) groups excluding carboxylic acids is 2. The van der Waals surface area contributed by atoms with Crippen LogP contribution in [0.1, 0.15) is 226 Å². The maximum atomic E-state index is 13.4. The average molecular weight is 985 g/mol. The number of phosphoric acid groups is 1. The van der Waals surface area contributed by atoms with Crippen LogP contribution in [-0.4, -0.2) is 69.4 Å². The number of quaternary nitrogens is 1. The Morgan fingerprint density at radius 1 is 0.507 bits per heavy atom. The monoisotopic (exact) mass is 985 g/mol. The summed E-state index contributed by atoms with van der Waals surface area (Å²) >= 11 is 0. The molecule has 1 amide bonds. The molecule has 3 unspecified atom stereocenters. The maximum Gasteiger partial charge on any atom is 0.306 e. The molecule has 0 aromatic rings. The lowest BCUT2D eigenvalue weighted by atomic mass is 10.0. The van der Waals surface area contributed by atoms with Crippen molar-refractivity contribution in [2.75, 3.05) is 40.9 Å². The number of phosphoric ester groups is 1.